The molecule has 0 bridgehead atoms. The van der Waals surface area contributed by atoms with Crippen LogP contribution in [0.3, 0.4) is 0 Å². The van der Waals surface area contributed by atoms with E-state index in [0.717, 1.165) is 5.69 Å². The van der Waals surface area contributed by atoms with Crippen LogP contribution in [0.25, 0.3) is 5.78 Å². The molecule has 1 aliphatic rings. The average Bonchev–Trinajstić information content (AvgIpc) is 2.66. The molecule has 3 heterocycles. The zero-order chi connectivity index (χ0) is 9.54. The van der Waals surface area contributed by atoms with Crippen LogP contribution in [0.15, 0.2) is 11.1 Å². The Balaban J connectivity index is 2.45. The highest BCUT2D eigenvalue weighted by molar-refractivity contribution is 5.32. The fourth-order valence-corrected chi connectivity index (χ4v) is 1.71. The van der Waals surface area contributed by atoms with Crippen LogP contribution >= 0.6 is 0 Å². The molecule has 0 fully saturated rings. The fourth-order valence-electron chi connectivity index (χ4n) is 1.71. The van der Waals surface area contributed by atoms with Crippen molar-refractivity contribution in [3.63, 3.8) is 0 Å². The standard InChI is InChI=1S/C8H8N4O2/c13-7-5-3-14-2-1-6(5)12-8(11-7)9-4-10-12/h4H,1-3H2,(H,9,10,11,13). The minimum absolute atomic E-state index is 0.125. The number of hydrogen-bond donors (Lipinski definition) is 1. The molecular formula is C8H8N4O2. The number of aromatic nitrogens is 4. The molecule has 2 aromatic heterocycles. The van der Waals surface area contributed by atoms with E-state index in [4.69, 9.17) is 4.74 Å². The number of H-pyrrole nitrogens is 1. The summed E-state index contributed by atoms with van der Waals surface area (Å²) in [4.78, 5) is 18.2. The molecule has 6 nitrogen and oxygen atoms in total. The van der Waals surface area contributed by atoms with Crippen LogP contribution in [0, 0.1) is 0 Å². The van der Waals surface area contributed by atoms with E-state index in [0.29, 0.717) is 31.0 Å². The highest BCUT2D eigenvalue weighted by Crippen LogP contribution is 2.11. The van der Waals surface area contributed by atoms with Crippen LogP contribution in [-0.2, 0) is 17.8 Å². The second kappa shape index (κ2) is 2.65. The minimum Gasteiger partial charge on any atom is -0.376 e. The second-order valence-corrected chi connectivity index (χ2v) is 3.18. The lowest BCUT2D eigenvalue weighted by atomic mass is 10.1. The molecule has 1 N–H and O–H groups in total. The first-order valence-electron chi connectivity index (χ1n) is 4.38. The zero-order valence-electron chi connectivity index (χ0n) is 7.36. The van der Waals surface area contributed by atoms with Crippen molar-refractivity contribution < 1.29 is 4.74 Å². The third kappa shape index (κ3) is 0.912. The van der Waals surface area contributed by atoms with E-state index in [-0.39, 0.29) is 5.56 Å². The van der Waals surface area contributed by atoms with Crippen molar-refractivity contribution in [2.75, 3.05) is 6.61 Å². The molecule has 2 aromatic rings. The summed E-state index contributed by atoms with van der Waals surface area (Å²) in [6.07, 6.45) is 2.14. The number of aromatic amines is 1. The summed E-state index contributed by atoms with van der Waals surface area (Å²) < 4.78 is 6.89. The Morgan fingerprint density at radius 1 is 1.57 bits per heavy atom. The molecule has 0 unspecified atom stereocenters. The molecule has 0 aliphatic carbocycles. The molecule has 6 heteroatoms. The van der Waals surface area contributed by atoms with Crippen molar-refractivity contribution >= 4 is 5.78 Å². The molecule has 72 valence electrons. The Bertz CT molecular complexity index is 542. The van der Waals surface area contributed by atoms with E-state index in [1.807, 2.05) is 0 Å². The van der Waals surface area contributed by atoms with Gasteiger partial charge in [-0.1, -0.05) is 0 Å². The predicted molar refractivity (Wildman–Crippen MR) is 47.0 cm³/mol. The number of nitrogens with zero attached hydrogens (tertiary/aromatic N) is 3. The molecule has 0 atom stereocenters. The number of fused-ring (bicyclic) bond motifs is 3. The highest BCUT2D eigenvalue weighted by atomic mass is 16.5. The minimum atomic E-state index is -0.125. The van der Waals surface area contributed by atoms with E-state index >= 15 is 0 Å². The van der Waals surface area contributed by atoms with Crippen LogP contribution in [0.2, 0.25) is 0 Å². The largest absolute Gasteiger partial charge is 0.376 e. The average molecular weight is 192 g/mol. The summed E-state index contributed by atoms with van der Waals surface area (Å²) in [6, 6.07) is 0. The lowest BCUT2D eigenvalue weighted by Gasteiger charge is -2.15. The molecule has 3 rings (SSSR count). The van der Waals surface area contributed by atoms with Crippen LogP contribution < -0.4 is 5.56 Å². The van der Waals surface area contributed by atoms with Gasteiger partial charge in [0.05, 0.1) is 24.5 Å². The van der Waals surface area contributed by atoms with Gasteiger partial charge in [-0.15, -0.1) is 0 Å². The zero-order valence-corrected chi connectivity index (χ0v) is 7.36. The number of nitrogens with one attached hydrogen (secondary N) is 1. The number of ether oxygens (including phenoxy) is 1. The Labute approximate surface area is 78.5 Å². The fraction of sp³-hybridized carbons (Fsp3) is 0.375. The number of rotatable bonds is 0. The molecule has 0 radical (unpaired) electrons. The second-order valence-electron chi connectivity index (χ2n) is 3.18. The molecule has 0 amide bonds. The van der Waals surface area contributed by atoms with Gasteiger partial charge >= 0.3 is 0 Å². The lowest BCUT2D eigenvalue weighted by molar-refractivity contribution is 0.107. The van der Waals surface area contributed by atoms with Crippen molar-refractivity contribution in [1.29, 1.82) is 0 Å². The summed E-state index contributed by atoms with van der Waals surface area (Å²) in [6.45, 7) is 0.992. The van der Waals surface area contributed by atoms with Gasteiger partial charge in [0.15, 0.2) is 0 Å². The van der Waals surface area contributed by atoms with Crippen molar-refractivity contribution in [1.82, 2.24) is 19.6 Å². The predicted octanol–water partition coefficient (Wildman–Crippen LogP) is -0.510. The molecule has 14 heavy (non-hydrogen) atoms. The smallest absolute Gasteiger partial charge is 0.258 e. The summed E-state index contributed by atoms with van der Waals surface area (Å²) >= 11 is 0. The van der Waals surface area contributed by atoms with E-state index in [1.165, 1.54) is 6.33 Å². The van der Waals surface area contributed by atoms with E-state index in [9.17, 15) is 4.79 Å². The van der Waals surface area contributed by atoms with Gasteiger partial charge in [0.1, 0.15) is 6.33 Å². The van der Waals surface area contributed by atoms with Crippen LogP contribution in [0.5, 0.6) is 0 Å². The van der Waals surface area contributed by atoms with Gasteiger partial charge in [-0.25, -0.2) is 4.52 Å². The molecular weight excluding hydrogens is 184 g/mol. The number of hydrogen-bond acceptors (Lipinski definition) is 4. The third-order valence-corrected chi connectivity index (χ3v) is 2.38. The van der Waals surface area contributed by atoms with Crippen molar-refractivity contribution in [2.24, 2.45) is 0 Å². The maximum atomic E-state index is 11.6. The van der Waals surface area contributed by atoms with Crippen LogP contribution in [0.4, 0.5) is 0 Å². The normalized spacial score (nSPS) is 15.7. The van der Waals surface area contributed by atoms with Gasteiger partial charge in [0.2, 0.25) is 5.78 Å². The Hall–Kier alpha value is -1.69. The van der Waals surface area contributed by atoms with E-state index in [2.05, 4.69) is 15.1 Å². The Morgan fingerprint density at radius 2 is 2.50 bits per heavy atom. The van der Waals surface area contributed by atoms with E-state index < -0.39 is 0 Å². The monoisotopic (exact) mass is 192 g/mol. The van der Waals surface area contributed by atoms with Crippen molar-refractivity contribution in [3.05, 3.63) is 27.9 Å². The van der Waals surface area contributed by atoms with Crippen molar-refractivity contribution in [2.45, 2.75) is 13.0 Å². The Morgan fingerprint density at radius 3 is 3.43 bits per heavy atom. The molecule has 0 saturated heterocycles. The van der Waals surface area contributed by atoms with Gasteiger partial charge < -0.3 is 4.74 Å². The van der Waals surface area contributed by atoms with Gasteiger partial charge in [-0.2, -0.15) is 10.1 Å². The van der Waals surface area contributed by atoms with Gasteiger partial charge in [-0.3, -0.25) is 9.78 Å². The topological polar surface area (TPSA) is 72.3 Å². The third-order valence-electron chi connectivity index (χ3n) is 2.38. The lowest BCUT2D eigenvalue weighted by Crippen LogP contribution is -2.25. The highest BCUT2D eigenvalue weighted by Gasteiger charge is 2.17. The maximum absolute atomic E-state index is 11.6. The Kier molecular flexibility index (Phi) is 1.45. The summed E-state index contributed by atoms with van der Waals surface area (Å²) in [5, 5.41) is 4.05. The van der Waals surface area contributed by atoms with Crippen LogP contribution in [-0.4, -0.2) is 26.2 Å². The SMILES string of the molecule is O=c1[nH]c2ncnn2c2c1COCC2. The van der Waals surface area contributed by atoms with Crippen LogP contribution in [0.1, 0.15) is 11.3 Å². The van der Waals surface area contributed by atoms with Gasteiger partial charge in [0.25, 0.3) is 5.56 Å². The molecule has 0 aromatic carbocycles. The first kappa shape index (κ1) is 7.69. The van der Waals surface area contributed by atoms with Gasteiger partial charge in [0, 0.05) is 6.42 Å². The van der Waals surface area contributed by atoms with E-state index in [1.54, 1.807) is 4.52 Å². The van der Waals surface area contributed by atoms with Crippen molar-refractivity contribution in [3.8, 4) is 0 Å². The maximum Gasteiger partial charge on any atom is 0.258 e. The summed E-state index contributed by atoms with van der Waals surface area (Å²) in [5.41, 5.74) is 1.45. The summed E-state index contributed by atoms with van der Waals surface area (Å²) in [7, 11) is 0. The summed E-state index contributed by atoms with van der Waals surface area (Å²) in [5.74, 6) is 0.496. The van der Waals surface area contributed by atoms with Gasteiger partial charge in [-0.05, 0) is 0 Å². The molecule has 1 aliphatic heterocycles. The first-order chi connectivity index (χ1) is 6.86. The molecule has 0 spiro atoms. The molecule has 0 saturated carbocycles. The first-order valence-corrected chi connectivity index (χ1v) is 4.38. The quantitative estimate of drug-likeness (QED) is 0.610.